The quantitative estimate of drug-likeness (QED) is 0.706. The van der Waals surface area contributed by atoms with Gasteiger partial charge in [0.05, 0.1) is 25.3 Å². The highest BCUT2D eigenvalue weighted by Crippen LogP contribution is 2.40. The summed E-state index contributed by atoms with van der Waals surface area (Å²) in [4.78, 5) is 3.62. The molecule has 0 unspecified atom stereocenters. The van der Waals surface area contributed by atoms with E-state index < -0.39 is 0 Å². The Balaban J connectivity index is 1.72. The SMILES string of the molecule is COc1ccc(C[C@H]2NCCc3c2[nH]c2ccc(C)cc32)c(Cl)c1OC. The molecular formula is C21H23ClN2O2. The molecule has 26 heavy (non-hydrogen) atoms. The first kappa shape index (κ1) is 17.3. The van der Waals surface area contributed by atoms with E-state index in [1.807, 2.05) is 12.1 Å². The summed E-state index contributed by atoms with van der Waals surface area (Å²) in [5, 5.41) is 5.59. The van der Waals surface area contributed by atoms with Crippen LogP contribution in [0.1, 0.15) is 28.4 Å². The second-order valence-electron chi connectivity index (χ2n) is 6.80. The summed E-state index contributed by atoms with van der Waals surface area (Å²) in [6.45, 7) is 3.10. The maximum absolute atomic E-state index is 6.60. The molecule has 0 fully saturated rings. The first-order valence-electron chi connectivity index (χ1n) is 8.86. The van der Waals surface area contributed by atoms with Crippen molar-refractivity contribution < 1.29 is 9.47 Å². The fourth-order valence-electron chi connectivity index (χ4n) is 3.90. The summed E-state index contributed by atoms with van der Waals surface area (Å²) in [7, 11) is 3.24. The molecule has 2 N–H and O–H groups in total. The molecule has 5 heteroatoms. The average molecular weight is 371 g/mol. The lowest BCUT2D eigenvalue weighted by Crippen LogP contribution is -2.31. The summed E-state index contributed by atoms with van der Waals surface area (Å²) < 4.78 is 10.8. The number of nitrogens with one attached hydrogen (secondary N) is 2. The largest absolute Gasteiger partial charge is 0.493 e. The smallest absolute Gasteiger partial charge is 0.179 e. The molecule has 4 rings (SSSR count). The summed E-state index contributed by atoms with van der Waals surface area (Å²) in [6.07, 6.45) is 1.83. The number of H-pyrrole nitrogens is 1. The van der Waals surface area contributed by atoms with E-state index in [1.165, 1.54) is 27.7 Å². The number of halogens is 1. The lowest BCUT2D eigenvalue weighted by molar-refractivity contribution is 0.354. The van der Waals surface area contributed by atoms with Gasteiger partial charge in [-0.25, -0.2) is 0 Å². The summed E-state index contributed by atoms with van der Waals surface area (Å²) in [6, 6.07) is 10.7. The number of hydrogen-bond acceptors (Lipinski definition) is 3. The summed E-state index contributed by atoms with van der Waals surface area (Å²) >= 11 is 6.60. The number of methoxy groups -OCH3 is 2. The molecule has 136 valence electrons. The number of hydrogen-bond donors (Lipinski definition) is 2. The number of rotatable bonds is 4. The lowest BCUT2D eigenvalue weighted by atomic mass is 9.94. The van der Waals surface area contributed by atoms with Gasteiger partial charge in [0, 0.05) is 16.6 Å². The Morgan fingerprint density at radius 1 is 1.15 bits per heavy atom. The third-order valence-corrected chi connectivity index (χ3v) is 5.61. The van der Waals surface area contributed by atoms with Gasteiger partial charge in [-0.1, -0.05) is 29.3 Å². The van der Waals surface area contributed by atoms with Crippen molar-refractivity contribution in [3.63, 3.8) is 0 Å². The van der Waals surface area contributed by atoms with Gasteiger partial charge in [0.15, 0.2) is 11.5 Å². The number of fused-ring (bicyclic) bond motifs is 3. The van der Waals surface area contributed by atoms with Crippen LogP contribution >= 0.6 is 11.6 Å². The minimum Gasteiger partial charge on any atom is -0.493 e. The topological polar surface area (TPSA) is 46.3 Å². The highest BCUT2D eigenvalue weighted by Gasteiger charge is 2.25. The number of aromatic nitrogens is 1. The van der Waals surface area contributed by atoms with Crippen molar-refractivity contribution in [1.29, 1.82) is 0 Å². The van der Waals surface area contributed by atoms with E-state index in [2.05, 4.69) is 35.4 Å². The van der Waals surface area contributed by atoms with Gasteiger partial charge >= 0.3 is 0 Å². The Hall–Kier alpha value is -2.17. The number of benzene rings is 2. The Bertz CT molecular complexity index is 964. The maximum Gasteiger partial charge on any atom is 0.179 e. The predicted octanol–water partition coefficient (Wildman–Crippen LogP) is 4.58. The number of aromatic amines is 1. The Labute approximate surface area is 158 Å². The molecule has 2 heterocycles. The van der Waals surface area contributed by atoms with Crippen molar-refractivity contribution in [2.45, 2.75) is 25.8 Å². The van der Waals surface area contributed by atoms with E-state index in [-0.39, 0.29) is 6.04 Å². The van der Waals surface area contributed by atoms with Crippen LogP contribution < -0.4 is 14.8 Å². The van der Waals surface area contributed by atoms with Crippen LogP contribution in [0.2, 0.25) is 5.02 Å². The van der Waals surface area contributed by atoms with Crippen LogP contribution in [0.5, 0.6) is 11.5 Å². The first-order valence-corrected chi connectivity index (χ1v) is 9.24. The van der Waals surface area contributed by atoms with Gasteiger partial charge in [-0.3, -0.25) is 0 Å². The van der Waals surface area contributed by atoms with Crippen LogP contribution in [-0.4, -0.2) is 25.7 Å². The van der Waals surface area contributed by atoms with E-state index >= 15 is 0 Å². The Morgan fingerprint density at radius 3 is 2.77 bits per heavy atom. The Kier molecular flexibility index (Phi) is 4.55. The molecule has 3 aromatic rings. The summed E-state index contributed by atoms with van der Waals surface area (Å²) in [5.74, 6) is 1.25. The van der Waals surface area contributed by atoms with Crippen molar-refractivity contribution >= 4 is 22.5 Å². The second-order valence-corrected chi connectivity index (χ2v) is 7.18. The minimum atomic E-state index is 0.196. The molecule has 0 spiro atoms. The fourth-order valence-corrected chi connectivity index (χ4v) is 4.21. The van der Waals surface area contributed by atoms with Crippen LogP contribution in [0.15, 0.2) is 30.3 Å². The molecule has 4 nitrogen and oxygen atoms in total. The van der Waals surface area contributed by atoms with Crippen molar-refractivity contribution in [3.05, 3.63) is 57.7 Å². The minimum absolute atomic E-state index is 0.196. The van der Waals surface area contributed by atoms with Gasteiger partial charge in [0.1, 0.15) is 0 Å². The zero-order chi connectivity index (χ0) is 18.3. The normalized spacial score (nSPS) is 16.5. The molecular weight excluding hydrogens is 348 g/mol. The molecule has 0 amide bonds. The molecule has 1 atom stereocenters. The van der Waals surface area contributed by atoms with Crippen LogP contribution in [-0.2, 0) is 12.8 Å². The average Bonchev–Trinajstić information content (AvgIpc) is 3.02. The van der Waals surface area contributed by atoms with E-state index in [4.69, 9.17) is 21.1 Å². The first-order chi connectivity index (χ1) is 12.6. The van der Waals surface area contributed by atoms with Gasteiger partial charge < -0.3 is 19.8 Å². The van der Waals surface area contributed by atoms with E-state index in [0.717, 1.165) is 24.9 Å². The van der Waals surface area contributed by atoms with Crippen LogP contribution in [0.3, 0.4) is 0 Å². The standard InChI is InChI=1S/C21H23ClN2O2/c1-12-4-6-16-15(10-12)14-8-9-23-17(20(14)24-16)11-13-5-7-18(25-2)21(26-3)19(13)22/h4-7,10,17,23-24H,8-9,11H2,1-3H3/t17-/m1/s1. The number of ether oxygens (including phenoxy) is 2. The zero-order valence-corrected chi connectivity index (χ0v) is 16.0. The van der Waals surface area contributed by atoms with Crippen molar-refractivity contribution in [2.24, 2.45) is 0 Å². The molecule has 2 aromatic carbocycles. The molecule has 1 aliphatic rings. The predicted molar refractivity (Wildman–Crippen MR) is 106 cm³/mol. The molecule has 0 saturated heterocycles. The lowest BCUT2D eigenvalue weighted by Gasteiger charge is -2.25. The molecule has 1 aliphatic heterocycles. The van der Waals surface area contributed by atoms with Gasteiger partial charge in [-0.15, -0.1) is 0 Å². The fraction of sp³-hybridized carbons (Fsp3) is 0.333. The van der Waals surface area contributed by atoms with Gasteiger partial charge in [-0.05, 0) is 55.6 Å². The van der Waals surface area contributed by atoms with Crippen molar-refractivity contribution in [1.82, 2.24) is 10.3 Å². The highest BCUT2D eigenvalue weighted by molar-refractivity contribution is 6.33. The molecule has 0 radical (unpaired) electrons. The number of aryl methyl sites for hydroxylation is 1. The Morgan fingerprint density at radius 2 is 2.00 bits per heavy atom. The third-order valence-electron chi connectivity index (χ3n) is 5.20. The highest BCUT2D eigenvalue weighted by atomic mass is 35.5. The van der Waals surface area contributed by atoms with Gasteiger partial charge in [0.2, 0.25) is 0 Å². The van der Waals surface area contributed by atoms with Gasteiger partial charge in [-0.2, -0.15) is 0 Å². The van der Waals surface area contributed by atoms with E-state index in [0.29, 0.717) is 16.5 Å². The second kappa shape index (κ2) is 6.86. The van der Waals surface area contributed by atoms with Crippen molar-refractivity contribution in [2.75, 3.05) is 20.8 Å². The van der Waals surface area contributed by atoms with Gasteiger partial charge in [0.25, 0.3) is 0 Å². The molecule has 0 saturated carbocycles. The molecule has 0 bridgehead atoms. The van der Waals surface area contributed by atoms with Crippen LogP contribution in [0, 0.1) is 6.92 Å². The van der Waals surface area contributed by atoms with Crippen molar-refractivity contribution in [3.8, 4) is 11.5 Å². The van der Waals surface area contributed by atoms with Crippen LogP contribution in [0.4, 0.5) is 0 Å². The maximum atomic E-state index is 6.60. The van der Waals surface area contributed by atoms with E-state index in [9.17, 15) is 0 Å². The van der Waals surface area contributed by atoms with E-state index in [1.54, 1.807) is 14.2 Å². The monoisotopic (exact) mass is 370 g/mol. The summed E-state index contributed by atoms with van der Waals surface area (Å²) in [5.41, 5.74) is 6.22. The zero-order valence-electron chi connectivity index (χ0n) is 15.3. The van der Waals surface area contributed by atoms with Crippen LogP contribution in [0.25, 0.3) is 10.9 Å². The molecule has 1 aromatic heterocycles. The third kappa shape index (κ3) is 2.83. The molecule has 0 aliphatic carbocycles.